The predicted molar refractivity (Wildman–Crippen MR) is 86.9 cm³/mol. The van der Waals surface area contributed by atoms with Crippen LogP contribution in [0.1, 0.15) is 27.7 Å². The quantitative estimate of drug-likeness (QED) is 0.680. The molecule has 0 aromatic carbocycles. The van der Waals surface area contributed by atoms with Crippen molar-refractivity contribution >= 4 is 27.5 Å². The average Bonchev–Trinajstić information content (AvgIpc) is 3.06. The Morgan fingerprint density at radius 1 is 1.43 bits per heavy atom. The van der Waals surface area contributed by atoms with E-state index < -0.39 is 5.97 Å². The molecule has 0 radical (unpaired) electrons. The number of nitrogens with zero attached hydrogens (tertiary/aromatic N) is 4. The smallest absolute Gasteiger partial charge is 0.348 e. The van der Waals surface area contributed by atoms with Crippen LogP contribution in [0.3, 0.4) is 0 Å². The Morgan fingerprint density at radius 3 is 2.87 bits per heavy atom. The first-order chi connectivity index (χ1) is 11.0. The number of thiophene rings is 1. The van der Waals surface area contributed by atoms with Gasteiger partial charge in [-0.05, 0) is 19.4 Å². The molecular weight excluding hydrogens is 316 g/mol. The molecule has 0 aliphatic rings. The lowest BCUT2D eigenvalue weighted by Gasteiger charge is -2.03. The average molecular weight is 332 g/mol. The van der Waals surface area contributed by atoms with Crippen LogP contribution in [0.25, 0.3) is 10.2 Å². The Bertz CT molecular complexity index is 938. The molecule has 120 valence electrons. The normalized spacial score (nSPS) is 11.1. The van der Waals surface area contributed by atoms with Crippen molar-refractivity contribution in [3.05, 3.63) is 45.1 Å². The molecule has 0 aliphatic heterocycles. The van der Waals surface area contributed by atoms with Gasteiger partial charge in [-0.25, -0.2) is 9.78 Å². The van der Waals surface area contributed by atoms with Gasteiger partial charge in [-0.2, -0.15) is 5.10 Å². The van der Waals surface area contributed by atoms with E-state index in [9.17, 15) is 9.59 Å². The number of aromatic nitrogens is 4. The molecule has 0 spiro atoms. The monoisotopic (exact) mass is 332 g/mol. The summed E-state index contributed by atoms with van der Waals surface area (Å²) >= 11 is 1.19. The lowest BCUT2D eigenvalue weighted by atomic mass is 10.2. The van der Waals surface area contributed by atoms with Gasteiger partial charge in [-0.15, -0.1) is 11.3 Å². The molecule has 7 nitrogen and oxygen atoms in total. The van der Waals surface area contributed by atoms with Gasteiger partial charge >= 0.3 is 5.97 Å². The molecule has 0 amide bonds. The third-order valence-electron chi connectivity index (χ3n) is 3.49. The van der Waals surface area contributed by atoms with Crippen molar-refractivity contribution in [2.75, 3.05) is 6.61 Å². The van der Waals surface area contributed by atoms with Gasteiger partial charge in [-0.1, -0.05) is 0 Å². The number of esters is 1. The van der Waals surface area contributed by atoms with E-state index in [0.717, 1.165) is 5.56 Å². The van der Waals surface area contributed by atoms with Crippen LogP contribution in [0.2, 0.25) is 0 Å². The zero-order valence-corrected chi connectivity index (χ0v) is 13.9. The number of hydrogen-bond donors (Lipinski definition) is 0. The SMILES string of the molecule is CCOC(=O)c1sc2ncn(Cc3cnn(C)c3)c(=O)c2c1C. The highest BCUT2D eigenvalue weighted by molar-refractivity contribution is 7.20. The third-order valence-corrected chi connectivity index (χ3v) is 4.67. The Labute approximate surface area is 136 Å². The van der Waals surface area contributed by atoms with Gasteiger partial charge in [0.15, 0.2) is 0 Å². The van der Waals surface area contributed by atoms with E-state index in [1.54, 1.807) is 24.7 Å². The molecule has 23 heavy (non-hydrogen) atoms. The molecule has 0 aliphatic carbocycles. The third kappa shape index (κ3) is 2.77. The fourth-order valence-corrected chi connectivity index (χ4v) is 3.45. The van der Waals surface area contributed by atoms with E-state index >= 15 is 0 Å². The summed E-state index contributed by atoms with van der Waals surface area (Å²) in [6.07, 6.45) is 5.06. The van der Waals surface area contributed by atoms with Crippen LogP contribution in [0.4, 0.5) is 0 Å². The highest BCUT2D eigenvalue weighted by Crippen LogP contribution is 2.27. The minimum Gasteiger partial charge on any atom is -0.462 e. The van der Waals surface area contributed by atoms with Gasteiger partial charge in [0, 0.05) is 18.8 Å². The molecular formula is C15H16N4O3S. The van der Waals surface area contributed by atoms with Gasteiger partial charge in [0.1, 0.15) is 9.71 Å². The molecule has 3 aromatic rings. The summed E-state index contributed by atoms with van der Waals surface area (Å²) < 4.78 is 8.23. The molecule has 3 heterocycles. The summed E-state index contributed by atoms with van der Waals surface area (Å²) in [5.74, 6) is -0.411. The molecule has 0 saturated heterocycles. The van der Waals surface area contributed by atoms with E-state index in [0.29, 0.717) is 33.8 Å². The number of aryl methyl sites for hydroxylation is 2. The lowest BCUT2D eigenvalue weighted by molar-refractivity contribution is 0.0531. The van der Waals surface area contributed by atoms with Crippen LogP contribution in [0.15, 0.2) is 23.5 Å². The summed E-state index contributed by atoms with van der Waals surface area (Å²) in [4.78, 5) is 30.0. The zero-order chi connectivity index (χ0) is 16.6. The Balaban J connectivity index is 2.06. The first-order valence-electron chi connectivity index (χ1n) is 7.14. The second-order valence-corrected chi connectivity index (χ2v) is 6.16. The molecule has 8 heteroatoms. The summed E-state index contributed by atoms with van der Waals surface area (Å²) in [6.45, 7) is 4.19. The topological polar surface area (TPSA) is 79.0 Å². The van der Waals surface area contributed by atoms with Crippen LogP contribution < -0.4 is 5.56 Å². The van der Waals surface area contributed by atoms with E-state index in [2.05, 4.69) is 10.1 Å². The standard InChI is InChI=1S/C15H16N4O3S/c1-4-22-15(21)12-9(2)11-13(23-12)16-8-19(14(11)20)7-10-5-17-18(3)6-10/h5-6,8H,4,7H2,1-3H3. The molecule has 0 atom stereocenters. The number of ether oxygens (including phenoxy) is 1. The van der Waals surface area contributed by atoms with Gasteiger partial charge in [-0.3, -0.25) is 14.0 Å². The Morgan fingerprint density at radius 2 is 2.22 bits per heavy atom. The molecule has 0 bridgehead atoms. The van der Waals surface area contributed by atoms with Crippen molar-refractivity contribution in [3.8, 4) is 0 Å². The van der Waals surface area contributed by atoms with Gasteiger partial charge in [0.25, 0.3) is 5.56 Å². The zero-order valence-electron chi connectivity index (χ0n) is 13.1. The molecule has 0 N–H and O–H groups in total. The Kier molecular flexibility index (Phi) is 3.99. The van der Waals surface area contributed by atoms with E-state index in [1.165, 1.54) is 22.2 Å². The minimum atomic E-state index is -0.411. The van der Waals surface area contributed by atoms with E-state index in [1.807, 2.05) is 13.2 Å². The van der Waals surface area contributed by atoms with E-state index in [4.69, 9.17) is 4.74 Å². The number of fused-ring (bicyclic) bond motifs is 1. The number of rotatable bonds is 4. The fourth-order valence-electron chi connectivity index (χ4n) is 2.41. The number of carbonyl (C=O) groups is 1. The highest BCUT2D eigenvalue weighted by atomic mass is 32.1. The maximum absolute atomic E-state index is 12.7. The second kappa shape index (κ2) is 5.96. The van der Waals surface area contributed by atoms with Crippen molar-refractivity contribution in [3.63, 3.8) is 0 Å². The first kappa shape index (κ1) is 15.4. The molecule has 3 rings (SSSR count). The van der Waals surface area contributed by atoms with Crippen molar-refractivity contribution < 1.29 is 9.53 Å². The van der Waals surface area contributed by atoms with Crippen molar-refractivity contribution in [1.29, 1.82) is 0 Å². The van der Waals surface area contributed by atoms with Crippen LogP contribution in [0, 0.1) is 6.92 Å². The van der Waals surface area contributed by atoms with Crippen LogP contribution >= 0.6 is 11.3 Å². The van der Waals surface area contributed by atoms with Crippen molar-refractivity contribution in [2.24, 2.45) is 7.05 Å². The van der Waals surface area contributed by atoms with Crippen LogP contribution in [-0.4, -0.2) is 31.9 Å². The van der Waals surface area contributed by atoms with Crippen LogP contribution in [0.5, 0.6) is 0 Å². The van der Waals surface area contributed by atoms with Gasteiger partial charge in [0.05, 0.1) is 31.1 Å². The predicted octanol–water partition coefficient (Wildman–Crippen LogP) is 1.72. The summed E-state index contributed by atoms with van der Waals surface area (Å²) in [5.41, 5.74) is 1.37. The fraction of sp³-hybridized carbons (Fsp3) is 0.333. The van der Waals surface area contributed by atoms with Gasteiger partial charge < -0.3 is 4.74 Å². The lowest BCUT2D eigenvalue weighted by Crippen LogP contribution is -2.21. The Hall–Kier alpha value is -2.48. The minimum absolute atomic E-state index is 0.164. The molecule has 0 saturated carbocycles. The maximum Gasteiger partial charge on any atom is 0.348 e. The highest BCUT2D eigenvalue weighted by Gasteiger charge is 2.20. The maximum atomic E-state index is 12.7. The summed E-state index contributed by atoms with van der Waals surface area (Å²) in [6, 6.07) is 0. The summed E-state index contributed by atoms with van der Waals surface area (Å²) in [7, 11) is 1.82. The van der Waals surface area contributed by atoms with Crippen molar-refractivity contribution in [2.45, 2.75) is 20.4 Å². The van der Waals surface area contributed by atoms with E-state index in [-0.39, 0.29) is 5.56 Å². The first-order valence-corrected chi connectivity index (χ1v) is 7.96. The largest absolute Gasteiger partial charge is 0.462 e. The molecule has 0 fully saturated rings. The molecule has 3 aromatic heterocycles. The second-order valence-electron chi connectivity index (χ2n) is 5.16. The van der Waals surface area contributed by atoms with Crippen LogP contribution in [-0.2, 0) is 18.3 Å². The number of carbonyl (C=O) groups excluding carboxylic acids is 1. The molecule has 0 unspecified atom stereocenters. The number of hydrogen-bond acceptors (Lipinski definition) is 6. The van der Waals surface area contributed by atoms with Crippen molar-refractivity contribution in [1.82, 2.24) is 19.3 Å². The van der Waals surface area contributed by atoms with Gasteiger partial charge in [0.2, 0.25) is 0 Å². The summed E-state index contributed by atoms with van der Waals surface area (Å²) in [5, 5.41) is 4.57.